The summed E-state index contributed by atoms with van der Waals surface area (Å²) in [5, 5.41) is 8.77. The molecule has 0 radical (unpaired) electrons. The fraction of sp³-hybridized carbons (Fsp3) is 0. The lowest BCUT2D eigenvalue weighted by Gasteiger charge is -1.93. The van der Waals surface area contributed by atoms with Crippen molar-refractivity contribution in [2.24, 2.45) is 0 Å². The van der Waals surface area contributed by atoms with Crippen molar-refractivity contribution in [1.82, 2.24) is 4.98 Å². The lowest BCUT2D eigenvalue weighted by atomic mass is 10.5. The van der Waals surface area contributed by atoms with Crippen molar-refractivity contribution in [1.29, 1.82) is 0 Å². The Morgan fingerprint density at radius 2 is 2.00 bits per heavy atom. The molecule has 54 valence electrons. The third-order valence-electron chi connectivity index (χ3n) is 0.929. The summed E-state index contributed by atoms with van der Waals surface area (Å²) in [6.45, 7) is 0. The molecule has 2 N–H and O–H groups in total. The zero-order valence-electron chi connectivity index (χ0n) is 4.69. The van der Waals surface area contributed by atoms with E-state index < -0.39 is 5.56 Å². The van der Waals surface area contributed by atoms with Crippen LogP contribution in [0.2, 0.25) is 10.0 Å². The van der Waals surface area contributed by atoms with E-state index >= 15 is 0 Å². The fourth-order valence-electron chi connectivity index (χ4n) is 0.472. The molecule has 3 nitrogen and oxygen atoms in total. The van der Waals surface area contributed by atoms with Crippen LogP contribution in [0.3, 0.4) is 0 Å². The molecule has 0 fully saturated rings. The van der Waals surface area contributed by atoms with Gasteiger partial charge in [-0.3, -0.25) is 9.78 Å². The third-order valence-corrected chi connectivity index (χ3v) is 1.50. The van der Waals surface area contributed by atoms with Crippen LogP contribution in [0.15, 0.2) is 10.9 Å². The van der Waals surface area contributed by atoms with Gasteiger partial charge in [-0.15, -0.1) is 0 Å². The number of aromatic nitrogens is 1. The van der Waals surface area contributed by atoms with Crippen LogP contribution >= 0.6 is 23.2 Å². The van der Waals surface area contributed by atoms with E-state index in [-0.39, 0.29) is 15.9 Å². The molecule has 0 aromatic carbocycles. The summed E-state index contributed by atoms with van der Waals surface area (Å²) in [7, 11) is 0. The molecule has 0 aliphatic carbocycles. The third kappa shape index (κ3) is 1.25. The molecule has 0 unspecified atom stereocenters. The minimum atomic E-state index is -0.552. The Bertz CT molecular complexity index is 307. The summed E-state index contributed by atoms with van der Waals surface area (Å²) in [6.07, 6.45) is 0. The maximum absolute atomic E-state index is 10.6. The van der Waals surface area contributed by atoms with Crippen LogP contribution in [0.5, 0.6) is 5.88 Å². The van der Waals surface area contributed by atoms with Crippen molar-refractivity contribution in [3.63, 3.8) is 0 Å². The van der Waals surface area contributed by atoms with E-state index in [2.05, 4.69) is 0 Å². The molecule has 0 bridgehead atoms. The van der Waals surface area contributed by atoms with E-state index in [1.54, 1.807) is 0 Å². The second kappa shape index (κ2) is 2.52. The number of pyridine rings is 1. The van der Waals surface area contributed by atoms with Gasteiger partial charge >= 0.3 is 0 Å². The van der Waals surface area contributed by atoms with Gasteiger partial charge in [-0.05, 0) is 6.07 Å². The first kappa shape index (κ1) is 7.44. The first-order chi connectivity index (χ1) is 4.61. The Kier molecular flexibility index (Phi) is 1.87. The van der Waals surface area contributed by atoms with Crippen molar-refractivity contribution in [3.05, 3.63) is 26.5 Å². The highest BCUT2D eigenvalue weighted by atomic mass is 35.5. The minimum absolute atomic E-state index is 0.0320. The molecule has 0 saturated carbocycles. The van der Waals surface area contributed by atoms with Crippen LogP contribution in [-0.2, 0) is 0 Å². The van der Waals surface area contributed by atoms with Crippen molar-refractivity contribution in [2.45, 2.75) is 0 Å². The highest BCUT2D eigenvalue weighted by molar-refractivity contribution is 6.35. The van der Waals surface area contributed by atoms with Crippen LogP contribution < -0.4 is 5.56 Å². The number of nitrogens with one attached hydrogen (secondary N) is 1. The fourth-order valence-corrected chi connectivity index (χ4v) is 0.841. The summed E-state index contributed by atoms with van der Waals surface area (Å²) >= 11 is 10.7. The SMILES string of the molecule is O=c1[nH]c(O)c(Cl)cc1Cl. The van der Waals surface area contributed by atoms with Gasteiger partial charge in [0.25, 0.3) is 5.56 Å². The molecule has 0 saturated heterocycles. The Morgan fingerprint density at radius 1 is 1.40 bits per heavy atom. The molecule has 0 aliphatic heterocycles. The molecule has 10 heavy (non-hydrogen) atoms. The van der Waals surface area contributed by atoms with Gasteiger partial charge < -0.3 is 5.11 Å². The van der Waals surface area contributed by atoms with E-state index in [9.17, 15) is 4.79 Å². The van der Waals surface area contributed by atoms with E-state index in [1.165, 1.54) is 6.07 Å². The standard InChI is InChI=1S/C5H3Cl2NO2/c6-2-1-3(7)5(10)8-4(2)9/h1H,(H2,8,9,10). The van der Waals surface area contributed by atoms with Crippen LogP contribution in [0.4, 0.5) is 0 Å². The quantitative estimate of drug-likeness (QED) is 0.633. The summed E-state index contributed by atoms with van der Waals surface area (Å²) in [5.41, 5.74) is -0.552. The van der Waals surface area contributed by atoms with Gasteiger partial charge in [-0.25, -0.2) is 0 Å². The lowest BCUT2D eigenvalue weighted by molar-refractivity contribution is 0.452. The van der Waals surface area contributed by atoms with Crippen LogP contribution in [0, 0.1) is 0 Å². The normalized spacial score (nSPS) is 9.80. The zero-order valence-corrected chi connectivity index (χ0v) is 6.20. The van der Waals surface area contributed by atoms with Crippen molar-refractivity contribution >= 4 is 23.2 Å². The number of H-pyrrole nitrogens is 1. The molecule has 0 atom stereocenters. The van der Waals surface area contributed by atoms with E-state index in [0.29, 0.717) is 0 Å². The summed E-state index contributed by atoms with van der Waals surface area (Å²) in [4.78, 5) is 12.6. The van der Waals surface area contributed by atoms with Crippen molar-refractivity contribution < 1.29 is 5.11 Å². The van der Waals surface area contributed by atoms with E-state index in [1.807, 2.05) is 4.98 Å². The van der Waals surface area contributed by atoms with Gasteiger partial charge in [0.1, 0.15) is 10.0 Å². The smallest absolute Gasteiger partial charge is 0.269 e. The molecule has 5 heteroatoms. The Labute approximate surface area is 66.2 Å². The highest BCUT2D eigenvalue weighted by Crippen LogP contribution is 2.19. The summed E-state index contributed by atoms with van der Waals surface area (Å²) in [5.74, 6) is -0.365. The minimum Gasteiger partial charge on any atom is -0.493 e. The average molecular weight is 180 g/mol. The molecule has 1 heterocycles. The first-order valence-electron chi connectivity index (χ1n) is 2.38. The van der Waals surface area contributed by atoms with Crippen molar-refractivity contribution in [2.75, 3.05) is 0 Å². The largest absolute Gasteiger partial charge is 0.493 e. The molecule has 1 aromatic heterocycles. The van der Waals surface area contributed by atoms with Crippen LogP contribution in [0.1, 0.15) is 0 Å². The first-order valence-corrected chi connectivity index (χ1v) is 3.14. The number of aromatic hydroxyl groups is 1. The van der Waals surface area contributed by atoms with Gasteiger partial charge in [0.2, 0.25) is 5.88 Å². The predicted molar refractivity (Wildman–Crippen MR) is 38.7 cm³/mol. The molecule has 1 rings (SSSR count). The van der Waals surface area contributed by atoms with E-state index in [0.717, 1.165) is 0 Å². The van der Waals surface area contributed by atoms with Crippen LogP contribution in [-0.4, -0.2) is 10.1 Å². The number of hydrogen-bond donors (Lipinski definition) is 2. The monoisotopic (exact) mass is 179 g/mol. The highest BCUT2D eigenvalue weighted by Gasteiger charge is 2.01. The average Bonchev–Trinajstić information content (AvgIpc) is 1.84. The van der Waals surface area contributed by atoms with E-state index in [4.69, 9.17) is 28.3 Å². The topological polar surface area (TPSA) is 53.1 Å². The number of rotatable bonds is 0. The molecular weight excluding hydrogens is 177 g/mol. The van der Waals surface area contributed by atoms with Crippen molar-refractivity contribution in [3.8, 4) is 5.88 Å². The van der Waals surface area contributed by atoms with Gasteiger partial charge in [-0.2, -0.15) is 0 Å². The van der Waals surface area contributed by atoms with Gasteiger partial charge in [0.05, 0.1) is 0 Å². The predicted octanol–water partition coefficient (Wildman–Crippen LogP) is 1.39. The molecule has 0 aliphatic rings. The Balaban J connectivity index is 3.43. The molecular formula is C5H3Cl2NO2. The summed E-state index contributed by atoms with van der Waals surface area (Å²) in [6, 6.07) is 1.18. The zero-order chi connectivity index (χ0) is 7.72. The number of halogens is 2. The maximum atomic E-state index is 10.6. The number of aromatic amines is 1. The van der Waals surface area contributed by atoms with Gasteiger partial charge in [0.15, 0.2) is 0 Å². The number of hydrogen-bond acceptors (Lipinski definition) is 2. The molecule has 0 amide bonds. The maximum Gasteiger partial charge on any atom is 0.269 e. The lowest BCUT2D eigenvalue weighted by Crippen LogP contribution is -2.04. The molecule has 0 spiro atoms. The summed E-state index contributed by atoms with van der Waals surface area (Å²) < 4.78 is 0. The second-order valence-electron chi connectivity index (χ2n) is 1.64. The van der Waals surface area contributed by atoms with Crippen LogP contribution in [0.25, 0.3) is 0 Å². The Hall–Kier alpha value is -0.670. The van der Waals surface area contributed by atoms with Gasteiger partial charge in [0, 0.05) is 0 Å². The second-order valence-corrected chi connectivity index (χ2v) is 2.46. The van der Waals surface area contributed by atoms with Gasteiger partial charge in [-0.1, -0.05) is 23.2 Å². The Morgan fingerprint density at radius 3 is 2.50 bits per heavy atom. The molecule has 1 aromatic rings.